The molecule has 0 unspecified atom stereocenters. The summed E-state index contributed by atoms with van der Waals surface area (Å²) < 4.78 is 4.69. The molecule has 0 fully saturated rings. The van der Waals surface area contributed by atoms with Crippen LogP contribution in [-0.4, -0.2) is 9.55 Å². The van der Waals surface area contributed by atoms with Crippen molar-refractivity contribution < 1.29 is 0 Å². The Labute approximate surface area is 245 Å². The topological polar surface area (TPSA) is 46.0 Å². The van der Waals surface area contributed by atoms with Crippen LogP contribution in [-0.2, 0) is 0 Å². The van der Waals surface area contributed by atoms with Crippen molar-refractivity contribution >= 4 is 59.0 Å². The lowest BCUT2D eigenvalue weighted by Gasteiger charge is -2.13. The zero-order valence-corrected chi connectivity index (χ0v) is 23.1. The van der Waals surface area contributed by atoms with Crippen molar-refractivity contribution in [3.05, 3.63) is 139 Å². The summed E-state index contributed by atoms with van der Waals surface area (Å²) in [7, 11) is 0. The molecule has 4 nitrogen and oxygen atoms in total. The first-order valence-corrected chi connectivity index (χ1v) is 14.4. The molecule has 0 aliphatic rings. The molecule has 194 valence electrons. The zero-order valence-electron chi connectivity index (χ0n) is 22.2. The molecule has 0 saturated heterocycles. The van der Waals surface area contributed by atoms with Crippen LogP contribution < -0.4 is 0 Å². The van der Waals surface area contributed by atoms with E-state index in [1.807, 2.05) is 60.7 Å². The summed E-state index contributed by atoms with van der Waals surface area (Å²) in [5.74, 6) is 0. The van der Waals surface area contributed by atoms with E-state index < -0.39 is 0 Å². The van der Waals surface area contributed by atoms with Crippen LogP contribution in [0.25, 0.3) is 74.8 Å². The Morgan fingerprint density at radius 3 is 2.31 bits per heavy atom. The van der Waals surface area contributed by atoms with Crippen molar-refractivity contribution in [2.45, 2.75) is 0 Å². The van der Waals surface area contributed by atoms with Crippen LogP contribution in [0.5, 0.6) is 0 Å². The monoisotopic (exact) mass is 552 g/mol. The van der Waals surface area contributed by atoms with Gasteiger partial charge in [-0.3, -0.25) is 0 Å². The number of hydrogen-bond donors (Lipinski definition) is 0. The molecule has 42 heavy (non-hydrogen) atoms. The molecule has 0 bridgehead atoms. The highest BCUT2D eigenvalue weighted by Crippen LogP contribution is 2.44. The first-order chi connectivity index (χ1) is 20.7. The van der Waals surface area contributed by atoms with Crippen LogP contribution in [0.1, 0.15) is 5.69 Å². The van der Waals surface area contributed by atoms with Gasteiger partial charge in [0.15, 0.2) is 0 Å². The molecule has 0 spiro atoms. The van der Waals surface area contributed by atoms with Gasteiger partial charge in [0.2, 0.25) is 5.69 Å². The summed E-state index contributed by atoms with van der Waals surface area (Å²) in [6.07, 6.45) is 1.73. The number of nitriles is 1. The maximum Gasteiger partial charge on any atom is 0.211 e. The third-order valence-corrected chi connectivity index (χ3v) is 9.12. The second-order valence-corrected chi connectivity index (χ2v) is 11.3. The van der Waals surface area contributed by atoms with Crippen LogP contribution in [0.4, 0.5) is 5.69 Å². The molecule has 0 aliphatic heterocycles. The summed E-state index contributed by atoms with van der Waals surface area (Å²) in [5.41, 5.74) is 7.28. The fourth-order valence-electron chi connectivity index (χ4n) is 6.01. The molecule has 0 saturated carbocycles. The summed E-state index contributed by atoms with van der Waals surface area (Å²) in [4.78, 5) is 8.49. The zero-order chi connectivity index (χ0) is 28.2. The highest BCUT2D eigenvalue weighted by molar-refractivity contribution is 7.26. The van der Waals surface area contributed by atoms with Gasteiger partial charge in [0.1, 0.15) is 11.8 Å². The van der Waals surface area contributed by atoms with Crippen LogP contribution in [0, 0.1) is 17.9 Å². The second-order valence-electron chi connectivity index (χ2n) is 10.2. The van der Waals surface area contributed by atoms with Gasteiger partial charge in [0.25, 0.3) is 0 Å². The van der Waals surface area contributed by atoms with Gasteiger partial charge in [0, 0.05) is 43.6 Å². The molecule has 0 atom stereocenters. The number of aromatic nitrogens is 2. The highest BCUT2D eigenvalue weighted by Gasteiger charge is 2.20. The predicted molar refractivity (Wildman–Crippen MR) is 173 cm³/mol. The molecule has 0 aliphatic carbocycles. The molecular weight excluding hydrogens is 533 g/mol. The Bertz CT molecular complexity index is 2440. The Hall–Kier alpha value is -5.75. The smallest absolute Gasteiger partial charge is 0.211 e. The SMILES string of the molecule is [C-]#[N+]c1cc(-c2cc(-c3ccccc3)cnc2C#N)ccc1-n1c2ccccc2c2ccc3c4ccccc4sc3c21. The van der Waals surface area contributed by atoms with E-state index in [0.29, 0.717) is 16.9 Å². The third-order valence-electron chi connectivity index (χ3n) is 7.93. The minimum absolute atomic E-state index is 0.335. The van der Waals surface area contributed by atoms with E-state index >= 15 is 0 Å². The number of nitrogens with zero attached hydrogens (tertiary/aromatic N) is 4. The lowest BCUT2D eigenvalue weighted by molar-refractivity contribution is 1.19. The van der Waals surface area contributed by atoms with E-state index in [0.717, 1.165) is 44.2 Å². The van der Waals surface area contributed by atoms with Gasteiger partial charge in [-0.2, -0.15) is 5.26 Å². The van der Waals surface area contributed by atoms with Crippen LogP contribution in [0.15, 0.2) is 121 Å². The Morgan fingerprint density at radius 2 is 1.48 bits per heavy atom. The van der Waals surface area contributed by atoms with Crippen LogP contribution in [0.3, 0.4) is 0 Å². The minimum Gasteiger partial charge on any atom is -0.318 e. The largest absolute Gasteiger partial charge is 0.318 e. The van der Waals surface area contributed by atoms with Crippen molar-refractivity contribution in [2.24, 2.45) is 0 Å². The molecule has 8 rings (SSSR count). The second kappa shape index (κ2) is 9.42. The van der Waals surface area contributed by atoms with Crippen molar-refractivity contribution in [1.29, 1.82) is 5.26 Å². The molecular formula is C37H20N4S. The summed E-state index contributed by atoms with van der Waals surface area (Å²) in [5, 5.41) is 14.7. The maximum atomic E-state index is 9.89. The fourth-order valence-corrected chi connectivity index (χ4v) is 7.25. The van der Waals surface area contributed by atoms with E-state index in [-0.39, 0.29) is 0 Å². The molecule has 5 heteroatoms. The number of thiophene rings is 1. The van der Waals surface area contributed by atoms with Crippen molar-refractivity contribution in [2.75, 3.05) is 0 Å². The van der Waals surface area contributed by atoms with Crippen molar-refractivity contribution in [1.82, 2.24) is 9.55 Å². The molecule has 0 radical (unpaired) electrons. The predicted octanol–water partition coefficient (Wildman–Crippen LogP) is 10.3. The Kier molecular flexibility index (Phi) is 5.40. The van der Waals surface area contributed by atoms with Crippen molar-refractivity contribution in [3.8, 4) is 34.0 Å². The number of fused-ring (bicyclic) bond motifs is 7. The molecule has 5 aromatic carbocycles. The lowest BCUT2D eigenvalue weighted by Crippen LogP contribution is -1.96. The van der Waals surface area contributed by atoms with Crippen LogP contribution in [0.2, 0.25) is 0 Å². The lowest BCUT2D eigenvalue weighted by atomic mass is 9.98. The number of hydrogen-bond acceptors (Lipinski definition) is 3. The van der Waals surface area contributed by atoms with Gasteiger partial charge >= 0.3 is 0 Å². The van der Waals surface area contributed by atoms with E-state index in [9.17, 15) is 5.26 Å². The molecule has 0 N–H and O–H groups in total. The number of para-hydroxylation sites is 1. The molecule has 3 aromatic heterocycles. The van der Waals surface area contributed by atoms with Gasteiger partial charge in [-0.05, 0) is 41.5 Å². The standard InChI is InChI=1S/C37H20N4S/c1-39-31-20-24(30-19-25(22-40-32(30)21-38)23-9-3-2-4-10-23)15-18-34(31)41-33-13-7-5-11-26(33)28-16-17-29-27-12-6-8-14-35(27)42-37(29)36(28)41/h2-20,22H. The van der Waals surface area contributed by atoms with E-state index in [2.05, 4.69) is 75.1 Å². The van der Waals surface area contributed by atoms with E-state index in [1.54, 1.807) is 17.5 Å². The Balaban J connectivity index is 1.40. The normalized spacial score (nSPS) is 11.3. The van der Waals surface area contributed by atoms with E-state index in [1.165, 1.54) is 20.2 Å². The Morgan fingerprint density at radius 1 is 0.714 bits per heavy atom. The number of benzene rings is 5. The molecule has 0 amide bonds. The quantitative estimate of drug-likeness (QED) is 0.205. The minimum atomic E-state index is 0.335. The van der Waals surface area contributed by atoms with Gasteiger partial charge in [-0.25, -0.2) is 9.83 Å². The molecule has 8 aromatic rings. The average Bonchev–Trinajstić information content (AvgIpc) is 3.60. The van der Waals surface area contributed by atoms with Gasteiger partial charge in [0.05, 0.1) is 28.0 Å². The van der Waals surface area contributed by atoms with Gasteiger partial charge < -0.3 is 4.57 Å². The highest BCUT2D eigenvalue weighted by atomic mass is 32.1. The average molecular weight is 553 g/mol. The van der Waals surface area contributed by atoms with E-state index in [4.69, 9.17) is 6.57 Å². The number of rotatable bonds is 3. The third kappa shape index (κ3) is 3.55. The van der Waals surface area contributed by atoms with Crippen molar-refractivity contribution in [3.63, 3.8) is 0 Å². The maximum absolute atomic E-state index is 9.89. The van der Waals surface area contributed by atoms with Gasteiger partial charge in [-0.15, -0.1) is 11.3 Å². The summed E-state index contributed by atoms with van der Waals surface area (Å²) in [6, 6.07) is 41.5. The summed E-state index contributed by atoms with van der Waals surface area (Å²) >= 11 is 1.79. The fraction of sp³-hybridized carbons (Fsp3) is 0. The van der Waals surface area contributed by atoms with Gasteiger partial charge in [-0.1, -0.05) is 84.9 Å². The number of pyridine rings is 1. The first-order valence-electron chi connectivity index (χ1n) is 13.6. The summed E-state index contributed by atoms with van der Waals surface area (Å²) in [6.45, 7) is 8.22. The first kappa shape index (κ1) is 24.1. The van der Waals surface area contributed by atoms with Crippen LogP contribution >= 0.6 is 11.3 Å². The molecule has 3 heterocycles.